The van der Waals surface area contributed by atoms with Gasteiger partial charge in [0.25, 0.3) is 0 Å². The van der Waals surface area contributed by atoms with E-state index in [0.29, 0.717) is 29.0 Å². The Bertz CT molecular complexity index is 1010. The monoisotopic (exact) mass is 458 g/mol. The molecule has 98 valence electrons. The van der Waals surface area contributed by atoms with Gasteiger partial charge in [-0.3, -0.25) is 0 Å². The average molecular weight is 455 g/mol. The molecule has 0 aliphatic rings. The summed E-state index contributed by atoms with van der Waals surface area (Å²) in [6, 6.07) is 15.4. The number of benzene rings is 2. The van der Waals surface area contributed by atoms with Crippen molar-refractivity contribution in [1.29, 1.82) is 0 Å². The van der Waals surface area contributed by atoms with Crippen LogP contribution in [0.3, 0.4) is 0 Å². The molecule has 2 heterocycles. The first kappa shape index (κ1) is 13.1. The van der Waals surface area contributed by atoms with Crippen LogP contribution in [0.15, 0.2) is 42.5 Å². The summed E-state index contributed by atoms with van der Waals surface area (Å²) in [4.78, 5) is 0. The van der Waals surface area contributed by atoms with Gasteiger partial charge in [0.1, 0.15) is 0 Å². The third-order valence-corrected chi connectivity index (χ3v) is 9.29. The van der Waals surface area contributed by atoms with Crippen LogP contribution in [0.2, 0.25) is 0 Å². The summed E-state index contributed by atoms with van der Waals surface area (Å²) in [6.45, 7) is 0. The first-order chi connectivity index (χ1) is 9.78. The van der Waals surface area contributed by atoms with Crippen molar-refractivity contribution in [3.63, 3.8) is 0 Å². The van der Waals surface area contributed by atoms with Gasteiger partial charge in [-0.1, -0.05) is 0 Å². The van der Waals surface area contributed by atoms with Crippen LogP contribution in [0.4, 0.5) is 0 Å². The summed E-state index contributed by atoms with van der Waals surface area (Å²) in [6.07, 6.45) is 0. The number of methoxy groups -OCH3 is 1. The van der Waals surface area contributed by atoms with Crippen LogP contribution in [-0.4, -0.2) is 51.7 Å². The van der Waals surface area contributed by atoms with E-state index in [9.17, 15) is 0 Å². The van der Waals surface area contributed by atoms with Gasteiger partial charge in [0, 0.05) is 0 Å². The summed E-state index contributed by atoms with van der Waals surface area (Å²) < 4.78 is 11.3. The van der Waals surface area contributed by atoms with Gasteiger partial charge in [0.2, 0.25) is 0 Å². The molecule has 2 aromatic heterocycles. The van der Waals surface area contributed by atoms with Crippen molar-refractivity contribution < 1.29 is 4.74 Å². The minimum atomic E-state index is 0.357. The molecule has 0 aliphatic carbocycles. The van der Waals surface area contributed by atoms with Crippen LogP contribution < -0.4 is 4.74 Å². The molecule has 0 radical (unpaired) electrons. The number of fused-ring (bicyclic) bond motifs is 5. The predicted molar refractivity (Wildman–Crippen MR) is 88.4 cm³/mol. The van der Waals surface area contributed by atoms with Crippen LogP contribution in [0, 0.1) is 2.94 Å². The molecule has 0 aliphatic heterocycles. The zero-order valence-electron chi connectivity index (χ0n) is 10.7. The third-order valence-electron chi connectivity index (χ3n) is 3.44. The average Bonchev–Trinajstić information content (AvgIpc) is 2.86. The van der Waals surface area contributed by atoms with E-state index < -0.39 is 0 Å². The minimum absolute atomic E-state index is 0.357. The fourth-order valence-corrected chi connectivity index (χ4v) is 9.55. The van der Waals surface area contributed by atoms with Crippen LogP contribution in [0.25, 0.3) is 28.9 Å². The van der Waals surface area contributed by atoms with Crippen LogP contribution in [0.5, 0.6) is 5.75 Å². The standard InChI is InChI=1S/C16H10OSe3/c1-17-9-6-7-11-13(8-9)20-16(18)14-10-4-2-3-5-12(10)19-15(11)14/h2-8H,1H3. The normalized spacial score (nSPS) is 11.4. The predicted octanol–water partition coefficient (Wildman–Crippen LogP) is 2.97. The van der Waals surface area contributed by atoms with Crippen LogP contribution >= 0.6 is 0 Å². The Balaban J connectivity index is 2.27. The van der Waals surface area contributed by atoms with Gasteiger partial charge in [-0.15, -0.1) is 0 Å². The second kappa shape index (κ2) is 5.00. The molecule has 0 spiro atoms. The molecule has 0 N–H and O–H groups in total. The Hall–Kier alpha value is -0.592. The van der Waals surface area contributed by atoms with E-state index in [1.807, 2.05) is 0 Å². The van der Waals surface area contributed by atoms with E-state index in [-0.39, 0.29) is 0 Å². The molecule has 0 atom stereocenters. The molecule has 0 fully saturated rings. The molecule has 0 saturated heterocycles. The molecule has 2 aromatic carbocycles. The van der Waals surface area contributed by atoms with Crippen molar-refractivity contribution in [1.82, 2.24) is 0 Å². The number of rotatable bonds is 1. The third kappa shape index (κ3) is 1.92. The second-order valence-electron chi connectivity index (χ2n) is 4.55. The molecular weight excluding hydrogens is 445 g/mol. The maximum absolute atomic E-state index is 5.37. The summed E-state index contributed by atoms with van der Waals surface area (Å²) in [5, 5.41) is 4.37. The van der Waals surface area contributed by atoms with E-state index >= 15 is 0 Å². The van der Waals surface area contributed by atoms with Crippen molar-refractivity contribution in [2.75, 3.05) is 7.11 Å². The molecule has 4 rings (SSSR count). The van der Waals surface area contributed by atoms with Crippen molar-refractivity contribution in [3.8, 4) is 5.75 Å². The molecule has 0 saturated carbocycles. The molecular formula is C16H10OSe3. The second-order valence-corrected chi connectivity index (χ2v) is 11.1. The van der Waals surface area contributed by atoms with E-state index in [1.165, 1.54) is 27.6 Å². The summed E-state index contributed by atoms with van der Waals surface area (Å²) >= 11 is 4.10. The molecule has 0 amide bonds. The van der Waals surface area contributed by atoms with Crippen LogP contribution in [-0.2, 0) is 0 Å². The maximum atomic E-state index is 5.37. The van der Waals surface area contributed by atoms with Crippen molar-refractivity contribution in [2.45, 2.75) is 0 Å². The first-order valence-electron chi connectivity index (χ1n) is 6.20. The Morgan fingerprint density at radius 2 is 1.80 bits per heavy atom. The molecule has 4 heteroatoms. The summed E-state index contributed by atoms with van der Waals surface area (Å²) in [7, 11) is 1.74. The van der Waals surface area contributed by atoms with Gasteiger partial charge in [-0.05, 0) is 0 Å². The Kier molecular flexibility index (Phi) is 3.27. The van der Waals surface area contributed by atoms with E-state index in [0.717, 1.165) is 5.75 Å². The fourth-order valence-electron chi connectivity index (χ4n) is 2.49. The van der Waals surface area contributed by atoms with Gasteiger partial charge in [0.05, 0.1) is 0 Å². The Morgan fingerprint density at radius 1 is 0.950 bits per heavy atom. The zero-order chi connectivity index (χ0) is 13.7. The zero-order valence-corrected chi connectivity index (χ0v) is 15.8. The number of hydrogen-bond donors (Lipinski definition) is 0. The molecule has 4 aromatic rings. The van der Waals surface area contributed by atoms with Gasteiger partial charge in [0.15, 0.2) is 0 Å². The first-order valence-corrected chi connectivity index (χ1v) is 10.5. The van der Waals surface area contributed by atoms with Gasteiger partial charge >= 0.3 is 137 Å². The van der Waals surface area contributed by atoms with E-state index in [1.54, 1.807) is 11.4 Å². The Morgan fingerprint density at radius 3 is 2.65 bits per heavy atom. The fraction of sp³-hybridized carbons (Fsp3) is 0.0625. The van der Waals surface area contributed by atoms with Gasteiger partial charge in [-0.25, -0.2) is 0 Å². The molecule has 0 bridgehead atoms. The summed E-state index contributed by atoms with van der Waals surface area (Å²) in [5.41, 5.74) is 0. The SMILES string of the molecule is COc1ccc2c(c1)[se]c(=[Se])c1c3ccccc3[se]c21. The quantitative estimate of drug-likeness (QED) is 0.402. The van der Waals surface area contributed by atoms with Crippen LogP contribution in [0.1, 0.15) is 0 Å². The van der Waals surface area contributed by atoms with E-state index in [4.69, 9.17) is 4.74 Å². The number of hydrogen-bond acceptors (Lipinski definition) is 1. The Labute approximate surface area is 136 Å². The van der Waals surface area contributed by atoms with Crippen molar-refractivity contribution >= 4 is 73.5 Å². The van der Waals surface area contributed by atoms with Crippen molar-refractivity contribution in [2.24, 2.45) is 0 Å². The molecule has 0 unspecified atom stereocenters. The van der Waals surface area contributed by atoms with Crippen molar-refractivity contribution in [3.05, 3.63) is 45.4 Å². The molecule has 1 nitrogen and oxygen atoms in total. The van der Waals surface area contributed by atoms with Gasteiger partial charge < -0.3 is 0 Å². The van der Waals surface area contributed by atoms with Gasteiger partial charge in [-0.2, -0.15) is 0 Å². The van der Waals surface area contributed by atoms with E-state index in [2.05, 4.69) is 58.0 Å². The molecule has 20 heavy (non-hydrogen) atoms. The summed E-state index contributed by atoms with van der Waals surface area (Å²) in [5.74, 6) is 0.963. The number of ether oxygens (including phenoxy) is 1. The topological polar surface area (TPSA) is 9.23 Å².